The van der Waals surface area contributed by atoms with Crippen LogP contribution in [0.4, 0.5) is 0 Å². The minimum absolute atomic E-state index is 0.545. The molecule has 20 heavy (non-hydrogen) atoms. The van der Waals surface area contributed by atoms with Crippen LogP contribution in [0.2, 0.25) is 5.02 Å². The first-order valence-corrected chi connectivity index (χ1v) is 7.01. The van der Waals surface area contributed by atoms with Crippen LogP contribution in [0.5, 0.6) is 17.2 Å². The van der Waals surface area contributed by atoms with E-state index in [1.807, 2.05) is 43.3 Å². The van der Waals surface area contributed by atoms with Gasteiger partial charge in [0.05, 0.1) is 11.6 Å². The lowest BCUT2D eigenvalue weighted by atomic mass is 10.1. The molecule has 2 rings (SSSR count). The third kappa shape index (κ3) is 3.44. The van der Waals surface area contributed by atoms with Gasteiger partial charge in [-0.25, -0.2) is 0 Å². The maximum absolute atomic E-state index is 6.24. The molecule has 0 heterocycles. The SMILES string of the molecule is CCOc1ccccc1Oc1c(Cl)cccc1CCN. The van der Waals surface area contributed by atoms with E-state index in [1.54, 1.807) is 6.07 Å². The Bertz CT molecular complexity index is 572. The van der Waals surface area contributed by atoms with Crippen LogP contribution < -0.4 is 15.2 Å². The molecule has 0 aliphatic rings. The number of benzene rings is 2. The topological polar surface area (TPSA) is 44.5 Å². The summed E-state index contributed by atoms with van der Waals surface area (Å²) in [6, 6.07) is 13.2. The lowest BCUT2D eigenvalue weighted by Crippen LogP contribution is -2.04. The summed E-state index contributed by atoms with van der Waals surface area (Å²) in [4.78, 5) is 0. The van der Waals surface area contributed by atoms with Gasteiger partial charge in [-0.15, -0.1) is 0 Å². The molecule has 2 aromatic carbocycles. The molecule has 0 bridgehead atoms. The molecule has 0 aliphatic carbocycles. The van der Waals surface area contributed by atoms with Gasteiger partial charge in [-0.2, -0.15) is 0 Å². The molecule has 2 N–H and O–H groups in total. The molecule has 0 aromatic heterocycles. The van der Waals surface area contributed by atoms with Gasteiger partial charge in [-0.1, -0.05) is 35.9 Å². The Morgan fingerprint density at radius 1 is 1.05 bits per heavy atom. The van der Waals surface area contributed by atoms with E-state index in [-0.39, 0.29) is 0 Å². The fraction of sp³-hybridized carbons (Fsp3) is 0.250. The quantitative estimate of drug-likeness (QED) is 0.874. The summed E-state index contributed by atoms with van der Waals surface area (Å²) < 4.78 is 11.5. The van der Waals surface area contributed by atoms with E-state index in [0.29, 0.717) is 41.8 Å². The van der Waals surface area contributed by atoms with Crippen LogP contribution in [0.1, 0.15) is 12.5 Å². The van der Waals surface area contributed by atoms with E-state index in [1.165, 1.54) is 0 Å². The number of para-hydroxylation sites is 3. The fourth-order valence-corrected chi connectivity index (χ4v) is 2.17. The maximum Gasteiger partial charge on any atom is 0.169 e. The Labute approximate surface area is 124 Å². The highest BCUT2D eigenvalue weighted by Gasteiger charge is 2.12. The van der Waals surface area contributed by atoms with Crippen molar-refractivity contribution in [3.63, 3.8) is 0 Å². The average Bonchev–Trinajstić information content (AvgIpc) is 2.45. The molecule has 0 aliphatic heterocycles. The highest BCUT2D eigenvalue weighted by molar-refractivity contribution is 6.32. The van der Waals surface area contributed by atoms with Gasteiger partial charge in [0.1, 0.15) is 5.75 Å². The molecule has 0 spiro atoms. The summed E-state index contributed by atoms with van der Waals surface area (Å²) in [6.45, 7) is 3.06. The van der Waals surface area contributed by atoms with Crippen molar-refractivity contribution in [1.29, 1.82) is 0 Å². The van der Waals surface area contributed by atoms with Gasteiger partial charge in [0.15, 0.2) is 11.5 Å². The molecule has 0 amide bonds. The van der Waals surface area contributed by atoms with Gasteiger partial charge in [-0.3, -0.25) is 0 Å². The van der Waals surface area contributed by atoms with Crippen molar-refractivity contribution in [1.82, 2.24) is 0 Å². The van der Waals surface area contributed by atoms with Crippen molar-refractivity contribution in [2.75, 3.05) is 13.2 Å². The van der Waals surface area contributed by atoms with Crippen LogP contribution >= 0.6 is 11.6 Å². The smallest absolute Gasteiger partial charge is 0.169 e. The molecular weight excluding hydrogens is 274 g/mol. The Balaban J connectivity index is 2.34. The van der Waals surface area contributed by atoms with Crippen LogP contribution in [-0.4, -0.2) is 13.2 Å². The number of hydrogen-bond acceptors (Lipinski definition) is 3. The molecule has 2 aromatic rings. The highest BCUT2D eigenvalue weighted by atomic mass is 35.5. The van der Waals surface area contributed by atoms with E-state index in [0.717, 1.165) is 5.56 Å². The van der Waals surface area contributed by atoms with Crippen molar-refractivity contribution >= 4 is 11.6 Å². The molecule has 0 saturated heterocycles. The van der Waals surface area contributed by atoms with Crippen molar-refractivity contribution in [3.8, 4) is 17.2 Å². The summed E-state index contributed by atoms with van der Waals surface area (Å²) in [7, 11) is 0. The average molecular weight is 292 g/mol. The zero-order chi connectivity index (χ0) is 14.4. The second-order valence-electron chi connectivity index (χ2n) is 4.25. The van der Waals surface area contributed by atoms with Crippen LogP contribution in [-0.2, 0) is 6.42 Å². The predicted octanol–water partition coefficient (Wildman–Crippen LogP) is 4.03. The summed E-state index contributed by atoms with van der Waals surface area (Å²) >= 11 is 6.24. The first kappa shape index (κ1) is 14.7. The Hall–Kier alpha value is -1.71. The molecular formula is C16H18ClNO2. The molecule has 106 valence electrons. The molecule has 0 saturated carbocycles. The third-order valence-electron chi connectivity index (χ3n) is 2.82. The maximum atomic E-state index is 6.24. The number of nitrogens with two attached hydrogens (primary N) is 1. The second-order valence-corrected chi connectivity index (χ2v) is 4.66. The predicted molar refractivity (Wildman–Crippen MR) is 81.9 cm³/mol. The number of hydrogen-bond donors (Lipinski definition) is 1. The number of rotatable bonds is 6. The van der Waals surface area contributed by atoms with Crippen molar-refractivity contribution in [3.05, 3.63) is 53.1 Å². The molecule has 0 radical (unpaired) electrons. The Morgan fingerprint density at radius 3 is 2.50 bits per heavy atom. The first-order chi connectivity index (χ1) is 9.76. The standard InChI is InChI=1S/C16H18ClNO2/c1-2-19-14-8-3-4-9-15(14)20-16-12(10-11-18)6-5-7-13(16)17/h3-9H,2,10-11,18H2,1H3. The van der Waals surface area contributed by atoms with Gasteiger partial charge in [0, 0.05) is 0 Å². The number of halogens is 1. The van der Waals surface area contributed by atoms with Gasteiger partial charge < -0.3 is 15.2 Å². The van der Waals surface area contributed by atoms with E-state index in [2.05, 4.69) is 0 Å². The van der Waals surface area contributed by atoms with Gasteiger partial charge in [-0.05, 0) is 43.7 Å². The third-order valence-corrected chi connectivity index (χ3v) is 3.12. The van der Waals surface area contributed by atoms with Crippen LogP contribution in [0.3, 0.4) is 0 Å². The van der Waals surface area contributed by atoms with E-state index >= 15 is 0 Å². The van der Waals surface area contributed by atoms with Gasteiger partial charge in [0.25, 0.3) is 0 Å². The normalized spacial score (nSPS) is 10.3. The zero-order valence-electron chi connectivity index (χ0n) is 11.4. The van der Waals surface area contributed by atoms with Crippen molar-refractivity contribution < 1.29 is 9.47 Å². The monoisotopic (exact) mass is 291 g/mol. The minimum Gasteiger partial charge on any atom is -0.490 e. The number of ether oxygens (including phenoxy) is 2. The molecule has 0 fully saturated rings. The first-order valence-electron chi connectivity index (χ1n) is 6.63. The van der Waals surface area contributed by atoms with Gasteiger partial charge >= 0.3 is 0 Å². The largest absolute Gasteiger partial charge is 0.490 e. The lowest BCUT2D eigenvalue weighted by molar-refractivity contribution is 0.321. The lowest BCUT2D eigenvalue weighted by Gasteiger charge is -2.15. The Kier molecular flexibility index (Phi) is 5.27. The van der Waals surface area contributed by atoms with Crippen molar-refractivity contribution in [2.24, 2.45) is 5.73 Å². The van der Waals surface area contributed by atoms with E-state index in [9.17, 15) is 0 Å². The molecule has 0 unspecified atom stereocenters. The highest BCUT2D eigenvalue weighted by Crippen LogP contribution is 2.37. The van der Waals surface area contributed by atoms with E-state index < -0.39 is 0 Å². The summed E-state index contributed by atoms with van der Waals surface area (Å²) in [5.74, 6) is 2.00. The molecule has 3 nitrogen and oxygen atoms in total. The summed E-state index contributed by atoms with van der Waals surface area (Å²) in [5, 5.41) is 0.572. The minimum atomic E-state index is 0.545. The van der Waals surface area contributed by atoms with Crippen molar-refractivity contribution in [2.45, 2.75) is 13.3 Å². The second kappa shape index (κ2) is 7.17. The van der Waals surface area contributed by atoms with Gasteiger partial charge in [0.2, 0.25) is 0 Å². The Morgan fingerprint density at radius 2 is 1.80 bits per heavy atom. The molecule has 4 heteroatoms. The van der Waals surface area contributed by atoms with Crippen LogP contribution in [0.15, 0.2) is 42.5 Å². The molecule has 0 atom stereocenters. The summed E-state index contributed by atoms with van der Waals surface area (Å²) in [5.41, 5.74) is 6.62. The zero-order valence-corrected chi connectivity index (χ0v) is 12.2. The van der Waals surface area contributed by atoms with E-state index in [4.69, 9.17) is 26.8 Å². The van der Waals surface area contributed by atoms with Crippen LogP contribution in [0, 0.1) is 0 Å². The fourth-order valence-electron chi connectivity index (χ4n) is 1.94. The van der Waals surface area contributed by atoms with Crippen LogP contribution in [0.25, 0.3) is 0 Å². The summed E-state index contributed by atoms with van der Waals surface area (Å²) in [6.07, 6.45) is 0.715.